The molecule has 0 radical (unpaired) electrons. The highest BCUT2D eigenvalue weighted by atomic mass is 32.2. The third-order valence-corrected chi connectivity index (χ3v) is 10.6. The Bertz CT molecular complexity index is 3100. The van der Waals surface area contributed by atoms with Crippen LogP contribution in [0.2, 0.25) is 0 Å². The monoisotopic (exact) mass is 844 g/mol. The van der Waals surface area contributed by atoms with E-state index in [1.165, 1.54) is 36.4 Å². The molecule has 4 aromatic carbocycles. The maximum Gasteiger partial charge on any atom is 0.341 e. The number of nitrogens with zero attached hydrogens (tertiary/aromatic N) is 3. The number of phenolic OH excluding ortho intramolecular Hbond substituents is 3. The van der Waals surface area contributed by atoms with Crippen molar-refractivity contribution < 1.29 is 55.4 Å². The molecule has 1 aliphatic heterocycles. The van der Waals surface area contributed by atoms with Crippen LogP contribution in [0.5, 0.6) is 23.0 Å². The first-order valence-electron chi connectivity index (χ1n) is 17.7. The first-order chi connectivity index (χ1) is 28.4. The van der Waals surface area contributed by atoms with Crippen molar-refractivity contribution in [3.63, 3.8) is 0 Å². The lowest BCUT2D eigenvalue weighted by atomic mass is 10.1. The molecule has 1 atom stereocenters. The lowest BCUT2D eigenvalue weighted by Gasteiger charge is -2.19. The highest BCUT2D eigenvalue weighted by Gasteiger charge is 2.28. The van der Waals surface area contributed by atoms with E-state index < -0.39 is 67.2 Å². The minimum absolute atomic E-state index is 0.0151. The highest BCUT2D eigenvalue weighted by Crippen LogP contribution is 2.37. The molecule has 1 aliphatic rings. The summed E-state index contributed by atoms with van der Waals surface area (Å²) >= 11 is 0. The third-order valence-electron chi connectivity index (χ3n) is 9.41. The van der Waals surface area contributed by atoms with Gasteiger partial charge in [0.1, 0.15) is 33.4 Å². The van der Waals surface area contributed by atoms with E-state index in [1.54, 1.807) is 24.0 Å². The van der Waals surface area contributed by atoms with Crippen LogP contribution in [0.4, 0.5) is 19.0 Å². The molecule has 0 aliphatic carbocycles. The summed E-state index contributed by atoms with van der Waals surface area (Å²) in [6, 6.07) is 16.5. The first kappa shape index (κ1) is 40.8. The second-order valence-corrected chi connectivity index (χ2v) is 15.2. The summed E-state index contributed by atoms with van der Waals surface area (Å²) in [6.45, 7) is 2.58. The number of anilines is 1. The maximum atomic E-state index is 14.7. The summed E-state index contributed by atoms with van der Waals surface area (Å²) in [5.74, 6) is -6.32. The molecule has 3 aromatic heterocycles. The van der Waals surface area contributed by atoms with Crippen LogP contribution in [0.25, 0.3) is 39.0 Å². The van der Waals surface area contributed by atoms with Gasteiger partial charge in [-0.05, 0) is 74.0 Å². The molecular weight excluding hydrogens is 814 g/mol. The van der Waals surface area contributed by atoms with Crippen molar-refractivity contribution in [3.8, 4) is 40.0 Å². The Balaban J connectivity index is 0.000000182. The van der Waals surface area contributed by atoms with Gasteiger partial charge in [-0.1, -0.05) is 17.7 Å². The van der Waals surface area contributed by atoms with Gasteiger partial charge in [0.15, 0.2) is 34.5 Å². The third kappa shape index (κ3) is 7.90. The molecular formula is C41H31F3N4O11S. The van der Waals surface area contributed by atoms with E-state index in [0.29, 0.717) is 25.6 Å². The number of rotatable bonds is 7. The zero-order chi connectivity index (χ0) is 43.2. The van der Waals surface area contributed by atoms with Crippen LogP contribution >= 0.6 is 0 Å². The van der Waals surface area contributed by atoms with Crippen molar-refractivity contribution in [1.82, 2.24) is 9.55 Å². The van der Waals surface area contributed by atoms with Gasteiger partial charge < -0.3 is 39.7 Å². The van der Waals surface area contributed by atoms with E-state index in [0.717, 1.165) is 46.7 Å². The predicted octanol–water partition coefficient (Wildman–Crippen LogP) is 5.69. The maximum absolute atomic E-state index is 14.7. The summed E-state index contributed by atoms with van der Waals surface area (Å²) in [5, 5.41) is 38.1. The molecule has 19 heteroatoms. The number of hydrogen-bond acceptors (Lipinski definition) is 13. The minimum atomic E-state index is -4.40. The van der Waals surface area contributed by atoms with Gasteiger partial charge >= 0.3 is 16.1 Å². The quantitative estimate of drug-likeness (QED) is 0.0958. The molecule has 60 heavy (non-hydrogen) atoms. The van der Waals surface area contributed by atoms with Gasteiger partial charge in [-0.15, -0.1) is 0 Å². The van der Waals surface area contributed by atoms with Crippen molar-refractivity contribution in [3.05, 3.63) is 140 Å². The van der Waals surface area contributed by atoms with Crippen LogP contribution in [-0.2, 0) is 10.1 Å². The van der Waals surface area contributed by atoms with E-state index in [9.17, 15) is 56.4 Å². The molecule has 15 nitrogen and oxygen atoms in total. The number of phenols is 3. The summed E-state index contributed by atoms with van der Waals surface area (Å²) in [4.78, 5) is 42.8. The van der Waals surface area contributed by atoms with Gasteiger partial charge in [-0.2, -0.15) is 8.42 Å². The van der Waals surface area contributed by atoms with E-state index in [4.69, 9.17) is 14.3 Å². The molecule has 4 heterocycles. The Kier molecular flexibility index (Phi) is 10.7. The van der Waals surface area contributed by atoms with Crippen molar-refractivity contribution >= 4 is 43.9 Å². The van der Waals surface area contributed by atoms with Crippen LogP contribution < -0.4 is 25.7 Å². The summed E-state index contributed by atoms with van der Waals surface area (Å²) in [6.07, 6.45) is 1.52. The number of fused-ring (bicyclic) bond motifs is 2. The summed E-state index contributed by atoms with van der Waals surface area (Å²) in [5.41, 5.74) is 3.92. The molecule has 1 unspecified atom stereocenters. The standard InChI is InChI=1S/C22H16O8S.C19H15F3N4O3/c1-12-2-6-15(7-3-12)31(27,28)30-22-20(26)16-8-5-14(23)11-19(16)29-21(22)13-4-9-17(24)18(25)10-13;20-9-1-2-15(13(21)5-9)26-8-12(19(28)29)16(27)11-6-14(22)18(24-17(11)26)25-4-3-10(23)7-25/h2-11,23-25H,1H3;1-2,5-6,8,10H,3-4,7,23H2,(H,28,29). The van der Waals surface area contributed by atoms with E-state index in [-0.39, 0.29) is 61.5 Å². The van der Waals surface area contributed by atoms with Crippen LogP contribution in [0.15, 0.2) is 110 Å². The molecule has 0 spiro atoms. The lowest BCUT2D eigenvalue weighted by Crippen LogP contribution is -2.28. The highest BCUT2D eigenvalue weighted by molar-refractivity contribution is 7.87. The zero-order valence-electron chi connectivity index (χ0n) is 31.0. The second kappa shape index (κ2) is 15.8. The van der Waals surface area contributed by atoms with E-state index >= 15 is 0 Å². The largest absolute Gasteiger partial charge is 0.508 e. The van der Waals surface area contributed by atoms with Gasteiger partial charge in [0.25, 0.3) is 0 Å². The molecule has 308 valence electrons. The lowest BCUT2D eigenvalue weighted by molar-refractivity contribution is 0.0695. The number of aryl methyl sites for hydroxylation is 1. The Morgan fingerprint density at radius 3 is 2.27 bits per heavy atom. The van der Waals surface area contributed by atoms with E-state index in [2.05, 4.69) is 4.98 Å². The molecule has 1 saturated heterocycles. The summed E-state index contributed by atoms with van der Waals surface area (Å²) < 4.78 is 80.0. The average molecular weight is 845 g/mol. The number of carboxylic acid groups (broad SMARTS) is 1. The smallest absolute Gasteiger partial charge is 0.341 e. The average Bonchev–Trinajstić information content (AvgIpc) is 3.63. The fourth-order valence-electron chi connectivity index (χ4n) is 6.39. The van der Waals surface area contributed by atoms with E-state index in [1.807, 2.05) is 0 Å². The zero-order valence-corrected chi connectivity index (χ0v) is 31.8. The van der Waals surface area contributed by atoms with Crippen molar-refractivity contribution in [1.29, 1.82) is 0 Å². The number of nitrogens with two attached hydrogens (primary N) is 1. The van der Waals surface area contributed by atoms with Crippen molar-refractivity contribution in [2.24, 2.45) is 5.73 Å². The molecule has 0 amide bonds. The van der Waals surface area contributed by atoms with Gasteiger partial charge in [0, 0.05) is 43.0 Å². The number of carboxylic acids is 1. The minimum Gasteiger partial charge on any atom is -0.508 e. The Morgan fingerprint density at radius 2 is 1.62 bits per heavy atom. The predicted molar refractivity (Wildman–Crippen MR) is 211 cm³/mol. The molecule has 8 rings (SSSR count). The number of aromatic nitrogens is 2. The molecule has 7 aromatic rings. The number of aromatic hydroxyl groups is 3. The van der Waals surface area contributed by atoms with Crippen molar-refractivity contribution in [2.45, 2.75) is 24.3 Å². The number of carbonyl (C=O) groups is 1. The molecule has 1 fully saturated rings. The van der Waals surface area contributed by atoms with Crippen LogP contribution in [0.1, 0.15) is 22.3 Å². The normalized spacial score (nSPS) is 13.9. The molecule has 6 N–H and O–H groups in total. The first-order valence-corrected chi connectivity index (χ1v) is 19.1. The fraction of sp³-hybridized carbons (Fsp3) is 0.122. The Labute approximate surface area is 336 Å². The number of aromatic carboxylic acids is 1. The second-order valence-electron chi connectivity index (χ2n) is 13.6. The Morgan fingerprint density at radius 1 is 0.883 bits per heavy atom. The van der Waals surface area contributed by atoms with Gasteiger partial charge in [0.05, 0.1) is 16.5 Å². The number of hydrogen-bond donors (Lipinski definition) is 5. The number of benzene rings is 4. The molecule has 0 bridgehead atoms. The van der Waals surface area contributed by atoms with Gasteiger partial charge in [-0.25, -0.2) is 22.9 Å². The van der Waals surface area contributed by atoms with Crippen LogP contribution in [0, 0.1) is 24.4 Å². The SMILES string of the molecule is Cc1ccc(S(=O)(=O)Oc2c(-c3ccc(O)c(O)c3)oc3cc(O)ccc3c2=O)cc1.NC1CCN(c2nc3c(cc2F)c(=O)c(C(=O)O)cn3-c2ccc(F)cc2F)C1. The number of halogens is 3. The Hall–Kier alpha value is -7.38. The topological polar surface area (TPSA) is 236 Å². The van der Waals surface area contributed by atoms with Crippen LogP contribution in [-0.4, -0.2) is 63.5 Å². The van der Waals surface area contributed by atoms with Crippen LogP contribution in [0.3, 0.4) is 0 Å². The number of pyridine rings is 2. The summed E-state index contributed by atoms with van der Waals surface area (Å²) in [7, 11) is -4.40. The fourth-order valence-corrected chi connectivity index (χ4v) is 7.32. The van der Waals surface area contributed by atoms with Crippen molar-refractivity contribution in [2.75, 3.05) is 18.0 Å². The van der Waals surface area contributed by atoms with Gasteiger partial charge in [-0.3, -0.25) is 14.2 Å². The molecule has 0 saturated carbocycles. The van der Waals surface area contributed by atoms with Gasteiger partial charge in [0.2, 0.25) is 16.6 Å².